The van der Waals surface area contributed by atoms with Crippen molar-refractivity contribution in [3.8, 4) is 22.7 Å². The number of amides is 1. The van der Waals surface area contributed by atoms with E-state index < -0.39 is 0 Å². The molecule has 0 spiro atoms. The number of hydrogen-bond acceptors (Lipinski definition) is 5. The number of aromatic nitrogens is 3. The van der Waals surface area contributed by atoms with Gasteiger partial charge in [-0.25, -0.2) is 4.68 Å². The molecule has 34 heavy (non-hydrogen) atoms. The van der Waals surface area contributed by atoms with Crippen LogP contribution in [0.25, 0.3) is 16.9 Å². The van der Waals surface area contributed by atoms with Gasteiger partial charge >= 0.3 is 0 Å². The third-order valence-electron chi connectivity index (χ3n) is 6.18. The second kappa shape index (κ2) is 9.39. The highest BCUT2D eigenvalue weighted by atomic mass is 16.5. The van der Waals surface area contributed by atoms with Gasteiger partial charge in [0, 0.05) is 56.0 Å². The van der Waals surface area contributed by atoms with E-state index in [4.69, 9.17) is 9.84 Å². The summed E-state index contributed by atoms with van der Waals surface area (Å²) in [4.78, 5) is 22.0. The zero-order chi connectivity index (χ0) is 23.5. The standard InChI is InChI=1S/C27H27N5O2/c1-20-6-8-23(9-7-20)32-19-25(26(29-32)21-4-3-5-24(18-21)34-2)27(33)31-16-14-30(15-17-31)22-10-12-28-13-11-22/h3-13,18-19H,14-17H2,1-2H3. The second-order valence-corrected chi connectivity index (χ2v) is 8.39. The number of carbonyl (C=O) groups excluding carboxylic acids is 1. The average Bonchev–Trinajstić information content (AvgIpc) is 3.35. The van der Waals surface area contributed by atoms with Crippen molar-refractivity contribution in [1.82, 2.24) is 19.7 Å². The largest absolute Gasteiger partial charge is 0.497 e. The lowest BCUT2D eigenvalue weighted by atomic mass is 10.1. The number of aryl methyl sites for hydroxylation is 1. The molecule has 0 radical (unpaired) electrons. The molecular formula is C27H27N5O2. The van der Waals surface area contributed by atoms with Crippen molar-refractivity contribution in [2.24, 2.45) is 0 Å². The van der Waals surface area contributed by atoms with Crippen LogP contribution in [0, 0.1) is 6.92 Å². The minimum Gasteiger partial charge on any atom is -0.497 e. The van der Waals surface area contributed by atoms with Gasteiger partial charge in [-0.2, -0.15) is 5.10 Å². The molecule has 5 rings (SSSR count). The first-order valence-corrected chi connectivity index (χ1v) is 11.4. The first-order chi connectivity index (χ1) is 16.6. The van der Waals surface area contributed by atoms with Crippen LogP contribution in [-0.4, -0.2) is 58.9 Å². The van der Waals surface area contributed by atoms with Crippen LogP contribution in [0.4, 0.5) is 5.69 Å². The van der Waals surface area contributed by atoms with Gasteiger partial charge in [-0.3, -0.25) is 9.78 Å². The van der Waals surface area contributed by atoms with Gasteiger partial charge in [0.15, 0.2) is 0 Å². The van der Waals surface area contributed by atoms with Crippen LogP contribution in [0.1, 0.15) is 15.9 Å². The molecule has 0 N–H and O–H groups in total. The zero-order valence-electron chi connectivity index (χ0n) is 19.4. The Morgan fingerprint density at radius 1 is 0.912 bits per heavy atom. The maximum absolute atomic E-state index is 13.7. The van der Waals surface area contributed by atoms with Crippen LogP contribution in [-0.2, 0) is 0 Å². The van der Waals surface area contributed by atoms with E-state index in [1.165, 1.54) is 5.56 Å². The van der Waals surface area contributed by atoms with Crippen LogP contribution in [0.2, 0.25) is 0 Å². The first-order valence-electron chi connectivity index (χ1n) is 11.4. The minimum absolute atomic E-state index is 0.00874. The number of carbonyl (C=O) groups is 1. The van der Waals surface area contributed by atoms with Crippen molar-refractivity contribution < 1.29 is 9.53 Å². The molecule has 0 atom stereocenters. The number of benzene rings is 2. The Balaban J connectivity index is 1.45. The van der Waals surface area contributed by atoms with E-state index in [1.807, 2.05) is 71.8 Å². The molecule has 2 aromatic carbocycles. The van der Waals surface area contributed by atoms with Gasteiger partial charge in [-0.05, 0) is 43.3 Å². The van der Waals surface area contributed by atoms with Crippen molar-refractivity contribution in [3.05, 3.63) is 90.4 Å². The predicted octanol–water partition coefficient (Wildman–Crippen LogP) is 4.21. The quantitative estimate of drug-likeness (QED) is 0.453. The fraction of sp³-hybridized carbons (Fsp3) is 0.222. The summed E-state index contributed by atoms with van der Waals surface area (Å²) in [5.74, 6) is 0.720. The Hall–Kier alpha value is -4.13. The van der Waals surface area contributed by atoms with Gasteiger partial charge in [-0.15, -0.1) is 0 Å². The Morgan fingerprint density at radius 2 is 1.65 bits per heavy atom. The van der Waals surface area contributed by atoms with Crippen LogP contribution in [0.3, 0.4) is 0 Å². The van der Waals surface area contributed by atoms with Crippen molar-refractivity contribution in [2.75, 3.05) is 38.2 Å². The molecule has 2 aromatic heterocycles. The molecule has 1 aliphatic heterocycles. The lowest BCUT2D eigenvalue weighted by molar-refractivity contribution is 0.0747. The number of hydrogen-bond donors (Lipinski definition) is 0. The highest BCUT2D eigenvalue weighted by Crippen LogP contribution is 2.28. The Labute approximate surface area is 199 Å². The van der Waals surface area contributed by atoms with Gasteiger partial charge in [0.05, 0.1) is 18.4 Å². The summed E-state index contributed by atoms with van der Waals surface area (Å²) in [5.41, 5.74) is 5.31. The SMILES string of the molecule is COc1cccc(-c2nn(-c3ccc(C)cc3)cc2C(=O)N2CCN(c3ccncc3)CC2)c1. The topological polar surface area (TPSA) is 63.5 Å². The lowest BCUT2D eigenvalue weighted by Crippen LogP contribution is -2.48. The highest BCUT2D eigenvalue weighted by molar-refractivity contribution is 6.00. The molecule has 0 aliphatic carbocycles. The van der Waals surface area contributed by atoms with E-state index in [0.717, 1.165) is 35.8 Å². The third kappa shape index (κ3) is 4.37. The number of rotatable bonds is 5. The van der Waals surface area contributed by atoms with E-state index in [9.17, 15) is 4.79 Å². The molecule has 3 heterocycles. The normalized spacial score (nSPS) is 13.7. The van der Waals surface area contributed by atoms with Crippen molar-refractivity contribution in [3.63, 3.8) is 0 Å². The fourth-order valence-electron chi connectivity index (χ4n) is 4.24. The maximum atomic E-state index is 13.7. The van der Waals surface area contributed by atoms with Gasteiger partial charge < -0.3 is 14.5 Å². The van der Waals surface area contributed by atoms with Crippen LogP contribution in [0.15, 0.2) is 79.3 Å². The van der Waals surface area contributed by atoms with Crippen molar-refractivity contribution >= 4 is 11.6 Å². The van der Waals surface area contributed by atoms with Gasteiger partial charge in [0.25, 0.3) is 5.91 Å². The Kier molecular flexibility index (Phi) is 5.99. The monoisotopic (exact) mass is 453 g/mol. The molecule has 1 amide bonds. The third-order valence-corrected chi connectivity index (χ3v) is 6.18. The van der Waals surface area contributed by atoms with E-state index in [0.29, 0.717) is 24.3 Å². The number of pyridine rings is 1. The maximum Gasteiger partial charge on any atom is 0.257 e. The van der Waals surface area contributed by atoms with Gasteiger partial charge in [0.2, 0.25) is 0 Å². The summed E-state index contributed by atoms with van der Waals surface area (Å²) in [6.07, 6.45) is 5.44. The minimum atomic E-state index is -0.00874. The van der Waals surface area contributed by atoms with Gasteiger partial charge in [-0.1, -0.05) is 29.8 Å². The molecule has 0 unspecified atom stereocenters. The average molecular weight is 454 g/mol. The lowest BCUT2D eigenvalue weighted by Gasteiger charge is -2.36. The number of ether oxygens (including phenoxy) is 1. The van der Waals surface area contributed by atoms with E-state index in [-0.39, 0.29) is 5.91 Å². The molecule has 7 heteroatoms. The fourth-order valence-corrected chi connectivity index (χ4v) is 4.24. The molecule has 4 aromatic rings. The van der Waals surface area contributed by atoms with E-state index in [1.54, 1.807) is 24.2 Å². The molecule has 1 aliphatic rings. The van der Waals surface area contributed by atoms with E-state index >= 15 is 0 Å². The van der Waals surface area contributed by atoms with E-state index in [2.05, 4.69) is 16.8 Å². The van der Waals surface area contributed by atoms with Crippen molar-refractivity contribution in [2.45, 2.75) is 6.92 Å². The summed E-state index contributed by atoms with van der Waals surface area (Å²) in [5, 5.41) is 4.83. The summed E-state index contributed by atoms with van der Waals surface area (Å²) >= 11 is 0. The number of piperazine rings is 1. The van der Waals surface area contributed by atoms with Crippen molar-refractivity contribution in [1.29, 1.82) is 0 Å². The second-order valence-electron chi connectivity index (χ2n) is 8.39. The predicted molar refractivity (Wildman–Crippen MR) is 133 cm³/mol. The van der Waals surface area contributed by atoms with Crippen LogP contribution in [0.5, 0.6) is 5.75 Å². The Bertz CT molecular complexity index is 1280. The summed E-state index contributed by atoms with van der Waals surface area (Å²) < 4.78 is 7.20. The molecule has 7 nitrogen and oxygen atoms in total. The zero-order valence-corrected chi connectivity index (χ0v) is 19.4. The molecule has 0 saturated carbocycles. The molecular weight excluding hydrogens is 426 g/mol. The first kappa shape index (κ1) is 21.7. The van der Waals surface area contributed by atoms with Crippen LogP contribution >= 0.6 is 0 Å². The number of anilines is 1. The van der Waals surface area contributed by atoms with Crippen LogP contribution < -0.4 is 9.64 Å². The number of nitrogens with zero attached hydrogens (tertiary/aromatic N) is 5. The summed E-state index contributed by atoms with van der Waals surface area (Å²) in [6, 6.07) is 19.8. The Morgan fingerprint density at radius 3 is 2.35 bits per heavy atom. The van der Waals surface area contributed by atoms with Gasteiger partial charge in [0.1, 0.15) is 11.4 Å². The summed E-state index contributed by atoms with van der Waals surface area (Å²) in [6.45, 7) is 4.89. The molecule has 0 bridgehead atoms. The molecule has 1 saturated heterocycles. The molecule has 172 valence electrons. The smallest absolute Gasteiger partial charge is 0.257 e. The number of methoxy groups -OCH3 is 1. The summed E-state index contributed by atoms with van der Waals surface area (Å²) in [7, 11) is 1.64. The molecule has 1 fully saturated rings. The highest BCUT2D eigenvalue weighted by Gasteiger charge is 2.27.